The van der Waals surface area contributed by atoms with Crippen LogP contribution in [-0.2, 0) is 0 Å². The molecule has 120 valence electrons. The molecule has 3 aromatic carbocycles. The molecule has 2 heteroatoms. The first-order valence-corrected chi connectivity index (χ1v) is 7.45. The van der Waals surface area contributed by atoms with E-state index in [4.69, 9.17) is 10.2 Å². The number of hydrogen-bond acceptors (Lipinski definition) is 2. The summed E-state index contributed by atoms with van der Waals surface area (Å²) in [5.74, 6) is 0. The van der Waals surface area contributed by atoms with E-state index in [2.05, 4.69) is 85.8 Å². The van der Waals surface area contributed by atoms with Crippen molar-refractivity contribution >= 4 is 0 Å². The molecular weight excluding hydrogens is 284 g/mol. The van der Waals surface area contributed by atoms with Crippen molar-refractivity contribution < 1.29 is 10.2 Å². The van der Waals surface area contributed by atoms with Gasteiger partial charge in [0.15, 0.2) is 0 Å². The minimum atomic E-state index is 1.00. The molecule has 0 bridgehead atoms. The largest absolute Gasteiger partial charge is 0.400 e. The maximum atomic E-state index is 7.00. The number of aliphatic hydroxyl groups excluding tert-OH is 2. The van der Waals surface area contributed by atoms with Crippen molar-refractivity contribution in [1.29, 1.82) is 0 Å². The standard InChI is InChI=1S/C19H16.2CH4O/c1-15-12-18(16-8-4-2-5-9-16)14-19(13-15)17-10-6-3-7-11-17;2*1-2/h2-14H,1H3;2*2H,1H3. The topological polar surface area (TPSA) is 40.5 Å². The zero-order valence-corrected chi connectivity index (χ0v) is 13.9. The molecule has 3 rings (SSSR count). The molecule has 0 aromatic heterocycles. The molecule has 0 fully saturated rings. The molecule has 0 aliphatic carbocycles. The van der Waals surface area contributed by atoms with Gasteiger partial charge in [0.2, 0.25) is 0 Å². The Morgan fingerprint density at radius 1 is 0.478 bits per heavy atom. The van der Waals surface area contributed by atoms with Gasteiger partial charge in [-0.25, -0.2) is 0 Å². The third-order valence-corrected chi connectivity index (χ3v) is 3.29. The average molecular weight is 308 g/mol. The normalized spacial score (nSPS) is 9.09. The summed E-state index contributed by atoms with van der Waals surface area (Å²) in [5, 5.41) is 14.0. The third-order valence-electron chi connectivity index (χ3n) is 3.29. The highest BCUT2D eigenvalue weighted by molar-refractivity contribution is 5.74. The predicted octanol–water partition coefficient (Wildman–Crippen LogP) is 4.55. The summed E-state index contributed by atoms with van der Waals surface area (Å²) in [5.41, 5.74) is 6.38. The molecular formula is C21H24O2. The van der Waals surface area contributed by atoms with Crippen LogP contribution in [0.15, 0.2) is 78.9 Å². The summed E-state index contributed by atoms with van der Waals surface area (Å²) in [4.78, 5) is 0. The lowest BCUT2D eigenvalue weighted by Gasteiger charge is -2.08. The van der Waals surface area contributed by atoms with Gasteiger partial charge in [0.1, 0.15) is 0 Å². The van der Waals surface area contributed by atoms with E-state index in [9.17, 15) is 0 Å². The molecule has 0 radical (unpaired) electrons. The van der Waals surface area contributed by atoms with E-state index in [0.717, 1.165) is 14.2 Å². The maximum Gasteiger partial charge on any atom is 0.0319 e. The van der Waals surface area contributed by atoms with Crippen LogP contribution in [0.1, 0.15) is 5.56 Å². The predicted molar refractivity (Wildman–Crippen MR) is 98.3 cm³/mol. The monoisotopic (exact) mass is 308 g/mol. The third kappa shape index (κ3) is 5.37. The van der Waals surface area contributed by atoms with Crippen LogP contribution >= 0.6 is 0 Å². The maximum absolute atomic E-state index is 7.00. The highest BCUT2D eigenvalue weighted by Gasteiger charge is 2.02. The Balaban J connectivity index is 0.000000615. The average Bonchev–Trinajstić information content (AvgIpc) is 2.66. The molecule has 0 saturated heterocycles. The van der Waals surface area contributed by atoms with Gasteiger partial charge >= 0.3 is 0 Å². The highest BCUT2D eigenvalue weighted by atomic mass is 16.2. The zero-order chi connectivity index (χ0) is 17.1. The van der Waals surface area contributed by atoms with Crippen LogP contribution in [0.5, 0.6) is 0 Å². The molecule has 2 N–H and O–H groups in total. The van der Waals surface area contributed by atoms with Gasteiger partial charge < -0.3 is 10.2 Å². The second-order valence-corrected chi connectivity index (χ2v) is 4.82. The number of benzene rings is 3. The van der Waals surface area contributed by atoms with Crippen LogP contribution in [0.2, 0.25) is 0 Å². The first-order chi connectivity index (χ1) is 11.3. The summed E-state index contributed by atoms with van der Waals surface area (Å²) < 4.78 is 0. The Morgan fingerprint density at radius 2 is 0.826 bits per heavy atom. The quantitative estimate of drug-likeness (QED) is 0.729. The number of rotatable bonds is 2. The summed E-state index contributed by atoms with van der Waals surface area (Å²) in [6.07, 6.45) is 0. The van der Waals surface area contributed by atoms with E-state index in [1.54, 1.807) is 0 Å². The van der Waals surface area contributed by atoms with Crippen LogP contribution in [0.3, 0.4) is 0 Å². The van der Waals surface area contributed by atoms with E-state index in [-0.39, 0.29) is 0 Å². The molecule has 2 nitrogen and oxygen atoms in total. The van der Waals surface area contributed by atoms with Crippen molar-refractivity contribution in [1.82, 2.24) is 0 Å². The van der Waals surface area contributed by atoms with Crippen molar-refractivity contribution in [2.24, 2.45) is 0 Å². The second kappa shape index (κ2) is 10.3. The Morgan fingerprint density at radius 3 is 1.17 bits per heavy atom. The van der Waals surface area contributed by atoms with Gasteiger partial charge in [-0.1, -0.05) is 72.8 Å². The summed E-state index contributed by atoms with van der Waals surface area (Å²) in [7, 11) is 2.00. The molecule has 0 spiro atoms. The molecule has 0 aliphatic heterocycles. The van der Waals surface area contributed by atoms with Gasteiger partial charge in [0.05, 0.1) is 0 Å². The van der Waals surface area contributed by atoms with Crippen molar-refractivity contribution in [2.45, 2.75) is 6.92 Å². The molecule has 0 amide bonds. The fourth-order valence-electron chi connectivity index (χ4n) is 2.38. The lowest BCUT2D eigenvalue weighted by molar-refractivity contribution is 0.399. The first kappa shape index (κ1) is 18.6. The molecule has 0 atom stereocenters. The van der Waals surface area contributed by atoms with E-state index in [1.165, 1.54) is 27.8 Å². The van der Waals surface area contributed by atoms with Gasteiger partial charge in [-0.2, -0.15) is 0 Å². The number of aliphatic hydroxyl groups is 2. The van der Waals surface area contributed by atoms with E-state index >= 15 is 0 Å². The van der Waals surface area contributed by atoms with Gasteiger partial charge in [0.25, 0.3) is 0 Å². The number of hydrogen-bond donors (Lipinski definition) is 2. The smallest absolute Gasteiger partial charge is 0.0319 e. The fraction of sp³-hybridized carbons (Fsp3) is 0.143. The number of aryl methyl sites for hydroxylation is 1. The Bertz CT molecular complexity index is 619. The fourth-order valence-corrected chi connectivity index (χ4v) is 2.38. The van der Waals surface area contributed by atoms with Gasteiger partial charge in [-0.3, -0.25) is 0 Å². The summed E-state index contributed by atoms with van der Waals surface area (Å²) >= 11 is 0. The summed E-state index contributed by atoms with van der Waals surface area (Å²) in [6.45, 7) is 2.15. The van der Waals surface area contributed by atoms with E-state index in [1.807, 2.05) is 0 Å². The lowest BCUT2D eigenvalue weighted by atomic mass is 9.97. The zero-order valence-electron chi connectivity index (χ0n) is 13.9. The second-order valence-electron chi connectivity index (χ2n) is 4.82. The molecule has 23 heavy (non-hydrogen) atoms. The Kier molecular flexibility index (Phi) is 8.37. The van der Waals surface area contributed by atoms with Crippen molar-refractivity contribution in [2.75, 3.05) is 14.2 Å². The molecule has 0 heterocycles. The minimum Gasteiger partial charge on any atom is -0.400 e. The molecule has 0 saturated carbocycles. The highest BCUT2D eigenvalue weighted by Crippen LogP contribution is 2.27. The first-order valence-electron chi connectivity index (χ1n) is 7.45. The van der Waals surface area contributed by atoms with Gasteiger partial charge in [-0.15, -0.1) is 0 Å². The van der Waals surface area contributed by atoms with E-state index < -0.39 is 0 Å². The van der Waals surface area contributed by atoms with E-state index in [0.29, 0.717) is 0 Å². The summed E-state index contributed by atoms with van der Waals surface area (Å²) in [6, 6.07) is 27.8. The van der Waals surface area contributed by atoms with Crippen LogP contribution < -0.4 is 0 Å². The van der Waals surface area contributed by atoms with Crippen molar-refractivity contribution in [3.63, 3.8) is 0 Å². The van der Waals surface area contributed by atoms with Crippen LogP contribution in [0.25, 0.3) is 22.3 Å². The Labute approximate surface area is 138 Å². The SMILES string of the molecule is CO.CO.Cc1cc(-c2ccccc2)cc(-c2ccccc2)c1. The van der Waals surface area contributed by atoms with Gasteiger partial charge in [0, 0.05) is 14.2 Å². The van der Waals surface area contributed by atoms with Crippen molar-refractivity contribution in [3.8, 4) is 22.3 Å². The molecule has 0 aliphatic rings. The lowest BCUT2D eigenvalue weighted by Crippen LogP contribution is -1.84. The van der Waals surface area contributed by atoms with Crippen molar-refractivity contribution in [3.05, 3.63) is 84.4 Å². The van der Waals surface area contributed by atoms with Crippen LogP contribution in [0, 0.1) is 6.92 Å². The Hall–Kier alpha value is -2.42. The molecule has 0 unspecified atom stereocenters. The van der Waals surface area contributed by atoms with Crippen LogP contribution in [-0.4, -0.2) is 24.4 Å². The minimum absolute atomic E-state index is 1.00. The van der Waals surface area contributed by atoms with Gasteiger partial charge in [-0.05, 0) is 40.8 Å². The van der Waals surface area contributed by atoms with Crippen LogP contribution in [0.4, 0.5) is 0 Å². The molecule has 3 aromatic rings.